The summed E-state index contributed by atoms with van der Waals surface area (Å²) in [6.07, 6.45) is 2.21. The van der Waals surface area contributed by atoms with Crippen LogP contribution in [0.4, 0.5) is 0 Å². The van der Waals surface area contributed by atoms with Gasteiger partial charge >= 0.3 is 0 Å². The summed E-state index contributed by atoms with van der Waals surface area (Å²) in [5.74, 6) is 0.958. The Bertz CT molecular complexity index is 502. The van der Waals surface area contributed by atoms with Crippen molar-refractivity contribution in [1.29, 1.82) is 0 Å². The minimum atomic E-state index is -0.427. The van der Waals surface area contributed by atoms with E-state index in [0.717, 1.165) is 41.8 Å². The van der Waals surface area contributed by atoms with Gasteiger partial charge in [0.25, 0.3) is 0 Å². The SMILES string of the molecule is CNCC1CCN(C(=O)C(C)(C)Sc2ccc(Br)cc2)CC1.Cl. The highest BCUT2D eigenvalue weighted by atomic mass is 79.9. The van der Waals surface area contributed by atoms with Gasteiger partial charge in [0.05, 0.1) is 4.75 Å². The normalized spacial score (nSPS) is 16.1. The molecular weight excluding hydrogens is 396 g/mol. The first kappa shape index (κ1) is 20.8. The molecule has 1 heterocycles. The van der Waals surface area contributed by atoms with E-state index in [-0.39, 0.29) is 18.3 Å². The van der Waals surface area contributed by atoms with Crippen LogP contribution in [-0.2, 0) is 4.79 Å². The highest BCUT2D eigenvalue weighted by Gasteiger charge is 2.34. The van der Waals surface area contributed by atoms with Crippen molar-refractivity contribution < 1.29 is 4.79 Å². The molecular formula is C17H26BrClN2OS. The maximum Gasteiger partial charge on any atom is 0.238 e. The number of carbonyl (C=O) groups is 1. The fraction of sp³-hybridized carbons (Fsp3) is 0.588. The molecule has 1 aromatic rings. The van der Waals surface area contributed by atoms with Crippen LogP contribution in [0.25, 0.3) is 0 Å². The molecule has 1 saturated heterocycles. The van der Waals surface area contributed by atoms with E-state index in [1.54, 1.807) is 11.8 Å². The van der Waals surface area contributed by atoms with Gasteiger partial charge < -0.3 is 10.2 Å². The number of rotatable bonds is 5. The lowest BCUT2D eigenvalue weighted by atomic mass is 9.96. The second kappa shape index (κ2) is 9.30. The van der Waals surface area contributed by atoms with Crippen LogP contribution in [0, 0.1) is 5.92 Å². The Hall–Kier alpha value is -0.230. The average Bonchev–Trinajstić information content (AvgIpc) is 2.50. The molecule has 1 amide bonds. The Morgan fingerprint density at radius 2 is 1.87 bits per heavy atom. The maximum atomic E-state index is 12.8. The molecule has 1 aromatic carbocycles. The first-order valence-corrected chi connectivity index (χ1v) is 9.42. The van der Waals surface area contributed by atoms with Crippen molar-refractivity contribution in [3.05, 3.63) is 28.7 Å². The van der Waals surface area contributed by atoms with Crippen molar-refractivity contribution >= 4 is 46.0 Å². The van der Waals surface area contributed by atoms with Crippen molar-refractivity contribution in [3.63, 3.8) is 0 Å². The van der Waals surface area contributed by atoms with E-state index in [4.69, 9.17) is 0 Å². The number of halogens is 2. The summed E-state index contributed by atoms with van der Waals surface area (Å²) in [5.41, 5.74) is 0. The summed E-state index contributed by atoms with van der Waals surface area (Å²) in [6.45, 7) is 6.88. The number of hydrogen-bond acceptors (Lipinski definition) is 3. The Labute approximate surface area is 158 Å². The predicted octanol–water partition coefficient (Wildman–Crippen LogP) is 4.20. The zero-order valence-electron chi connectivity index (χ0n) is 14.0. The molecule has 0 saturated carbocycles. The number of hydrogen-bond donors (Lipinski definition) is 1. The van der Waals surface area contributed by atoms with E-state index in [0.29, 0.717) is 5.92 Å². The third kappa shape index (κ3) is 5.96. The summed E-state index contributed by atoms with van der Waals surface area (Å²) < 4.78 is 0.636. The second-order valence-electron chi connectivity index (χ2n) is 6.36. The zero-order chi connectivity index (χ0) is 16.2. The number of benzene rings is 1. The molecule has 3 nitrogen and oxygen atoms in total. The average molecular weight is 422 g/mol. The molecule has 1 N–H and O–H groups in total. The fourth-order valence-electron chi connectivity index (χ4n) is 2.85. The van der Waals surface area contributed by atoms with Crippen molar-refractivity contribution in [2.75, 3.05) is 26.7 Å². The molecule has 1 aliphatic rings. The van der Waals surface area contributed by atoms with Crippen LogP contribution in [0.15, 0.2) is 33.6 Å². The largest absolute Gasteiger partial charge is 0.341 e. The van der Waals surface area contributed by atoms with Crippen LogP contribution in [0.1, 0.15) is 26.7 Å². The van der Waals surface area contributed by atoms with Gasteiger partial charge in [0, 0.05) is 22.5 Å². The summed E-state index contributed by atoms with van der Waals surface area (Å²) >= 11 is 5.09. The molecule has 0 aliphatic carbocycles. The lowest BCUT2D eigenvalue weighted by Gasteiger charge is -2.36. The topological polar surface area (TPSA) is 32.3 Å². The minimum absolute atomic E-state index is 0. The molecule has 1 aliphatic heterocycles. The predicted molar refractivity (Wildman–Crippen MR) is 105 cm³/mol. The van der Waals surface area contributed by atoms with Crippen LogP contribution in [0.3, 0.4) is 0 Å². The quantitative estimate of drug-likeness (QED) is 0.723. The van der Waals surface area contributed by atoms with Crippen molar-refractivity contribution in [2.24, 2.45) is 5.92 Å². The van der Waals surface area contributed by atoms with E-state index in [1.165, 1.54) is 0 Å². The van der Waals surface area contributed by atoms with Gasteiger partial charge in [-0.25, -0.2) is 0 Å². The van der Waals surface area contributed by atoms with E-state index >= 15 is 0 Å². The number of nitrogens with one attached hydrogen (secondary N) is 1. The van der Waals surface area contributed by atoms with Gasteiger partial charge in [-0.2, -0.15) is 0 Å². The van der Waals surface area contributed by atoms with Gasteiger partial charge in [0.1, 0.15) is 0 Å². The van der Waals surface area contributed by atoms with E-state index < -0.39 is 4.75 Å². The number of likely N-dealkylation sites (tertiary alicyclic amines) is 1. The molecule has 2 rings (SSSR count). The lowest BCUT2D eigenvalue weighted by molar-refractivity contribution is -0.134. The van der Waals surface area contributed by atoms with Gasteiger partial charge in [-0.15, -0.1) is 24.2 Å². The zero-order valence-corrected chi connectivity index (χ0v) is 17.2. The lowest BCUT2D eigenvalue weighted by Crippen LogP contribution is -2.47. The van der Waals surface area contributed by atoms with Crippen molar-refractivity contribution in [2.45, 2.75) is 36.3 Å². The highest BCUT2D eigenvalue weighted by molar-refractivity contribution is 9.10. The smallest absolute Gasteiger partial charge is 0.238 e. The Balaban J connectivity index is 0.00000264. The Morgan fingerprint density at radius 3 is 2.39 bits per heavy atom. The first-order valence-electron chi connectivity index (χ1n) is 7.81. The van der Waals surface area contributed by atoms with Gasteiger partial charge in [0.2, 0.25) is 5.91 Å². The molecule has 0 aromatic heterocycles. The molecule has 0 radical (unpaired) electrons. The van der Waals surface area contributed by atoms with Crippen LogP contribution in [-0.4, -0.2) is 42.2 Å². The summed E-state index contributed by atoms with van der Waals surface area (Å²) in [6, 6.07) is 8.16. The summed E-state index contributed by atoms with van der Waals surface area (Å²) in [5, 5.41) is 3.24. The number of nitrogens with zero attached hydrogens (tertiary/aromatic N) is 1. The molecule has 6 heteroatoms. The van der Waals surface area contributed by atoms with Crippen molar-refractivity contribution in [1.82, 2.24) is 10.2 Å². The van der Waals surface area contributed by atoms with E-state index in [9.17, 15) is 4.79 Å². The number of carbonyl (C=O) groups excluding carboxylic acids is 1. The molecule has 0 atom stereocenters. The molecule has 0 unspecified atom stereocenters. The monoisotopic (exact) mass is 420 g/mol. The minimum Gasteiger partial charge on any atom is -0.341 e. The molecule has 0 spiro atoms. The van der Waals surface area contributed by atoms with Crippen LogP contribution in [0.2, 0.25) is 0 Å². The summed E-state index contributed by atoms with van der Waals surface area (Å²) in [4.78, 5) is 16.0. The van der Waals surface area contributed by atoms with Crippen LogP contribution in [0.5, 0.6) is 0 Å². The molecule has 1 fully saturated rings. The van der Waals surface area contributed by atoms with Crippen molar-refractivity contribution in [3.8, 4) is 0 Å². The van der Waals surface area contributed by atoms with E-state index in [2.05, 4.69) is 33.4 Å². The molecule has 130 valence electrons. The summed E-state index contributed by atoms with van der Waals surface area (Å²) in [7, 11) is 2.00. The standard InChI is InChI=1S/C17H25BrN2OS.ClH/c1-17(2,22-15-6-4-14(18)5-7-15)16(21)20-10-8-13(9-11-20)12-19-3;/h4-7,13,19H,8-12H2,1-3H3;1H. The van der Waals surface area contributed by atoms with Crippen LogP contribution < -0.4 is 5.32 Å². The maximum absolute atomic E-state index is 12.8. The van der Waals surface area contributed by atoms with Gasteiger partial charge in [-0.1, -0.05) is 15.9 Å². The number of thioether (sulfide) groups is 1. The molecule has 0 bridgehead atoms. The van der Waals surface area contributed by atoms with Gasteiger partial charge in [-0.05, 0) is 70.5 Å². The van der Waals surface area contributed by atoms with Gasteiger partial charge in [-0.3, -0.25) is 4.79 Å². The fourth-order valence-corrected chi connectivity index (χ4v) is 4.19. The Kier molecular flexibility index (Phi) is 8.42. The third-order valence-electron chi connectivity index (χ3n) is 4.10. The Morgan fingerprint density at radius 1 is 1.30 bits per heavy atom. The van der Waals surface area contributed by atoms with Gasteiger partial charge in [0.15, 0.2) is 0 Å². The second-order valence-corrected chi connectivity index (χ2v) is 8.97. The third-order valence-corrected chi connectivity index (χ3v) is 5.82. The van der Waals surface area contributed by atoms with E-state index in [1.807, 2.05) is 37.9 Å². The highest BCUT2D eigenvalue weighted by Crippen LogP contribution is 2.35. The number of piperidine rings is 1. The number of amides is 1. The van der Waals surface area contributed by atoms with Crippen LogP contribution >= 0.6 is 40.1 Å². The molecule has 23 heavy (non-hydrogen) atoms. The first-order chi connectivity index (χ1) is 10.4.